The number of nitrogens with zero attached hydrogens (tertiary/aromatic N) is 4. The second-order valence-electron chi connectivity index (χ2n) is 4.54. The molecule has 1 aromatic carbocycles. The minimum absolute atomic E-state index is 0.0180. The van der Waals surface area contributed by atoms with Crippen molar-refractivity contribution < 1.29 is 4.92 Å². The van der Waals surface area contributed by atoms with Gasteiger partial charge in [-0.3, -0.25) is 10.1 Å². The molecule has 3 aromatic rings. The number of para-hydroxylation sites is 1. The molecule has 23 heavy (non-hydrogen) atoms. The Morgan fingerprint density at radius 2 is 2.04 bits per heavy atom. The number of aromatic nitrogens is 3. The number of aryl methyl sites for hydroxylation is 1. The van der Waals surface area contributed by atoms with E-state index >= 15 is 0 Å². The van der Waals surface area contributed by atoms with Gasteiger partial charge >= 0.3 is 0 Å². The molecule has 0 fully saturated rings. The predicted molar refractivity (Wildman–Crippen MR) is 89.4 cm³/mol. The van der Waals surface area contributed by atoms with Gasteiger partial charge in [0, 0.05) is 11.8 Å². The number of hydrogen-bond acceptors (Lipinski definition) is 8. The monoisotopic (exact) mass is 345 g/mol. The Kier molecular flexibility index (Phi) is 4.49. The number of benzene rings is 1. The average Bonchev–Trinajstić information content (AvgIpc) is 2.97. The number of anilines is 2. The summed E-state index contributed by atoms with van der Waals surface area (Å²) in [5.41, 5.74) is 1.65. The first-order valence-corrected chi connectivity index (χ1v) is 8.19. The van der Waals surface area contributed by atoms with E-state index < -0.39 is 4.92 Å². The molecule has 0 amide bonds. The van der Waals surface area contributed by atoms with Crippen molar-refractivity contribution in [1.29, 1.82) is 0 Å². The quantitative estimate of drug-likeness (QED) is 0.551. The van der Waals surface area contributed by atoms with Gasteiger partial charge in [-0.05, 0) is 36.4 Å². The lowest BCUT2D eigenvalue weighted by atomic mass is 10.3. The highest BCUT2D eigenvalue weighted by atomic mass is 32.2. The van der Waals surface area contributed by atoms with Crippen LogP contribution < -0.4 is 5.32 Å². The normalized spacial score (nSPS) is 10.5. The summed E-state index contributed by atoms with van der Waals surface area (Å²) in [7, 11) is 0. The molecule has 0 aliphatic heterocycles. The molecule has 9 heteroatoms. The molecule has 0 aliphatic carbocycles. The number of nitro groups is 1. The van der Waals surface area contributed by atoms with Crippen LogP contribution in [0.2, 0.25) is 0 Å². The second-order valence-corrected chi connectivity index (χ2v) is 6.75. The highest BCUT2D eigenvalue weighted by Gasteiger charge is 2.13. The number of rotatable bonds is 5. The molecule has 0 radical (unpaired) electrons. The molecule has 3 rings (SSSR count). The van der Waals surface area contributed by atoms with Crippen molar-refractivity contribution in [2.24, 2.45) is 0 Å². The van der Waals surface area contributed by atoms with Gasteiger partial charge in [-0.2, -0.15) is 0 Å². The van der Waals surface area contributed by atoms with Crippen LogP contribution in [0.3, 0.4) is 0 Å². The maximum Gasteiger partial charge on any atom is 0.287 e. The van der Waals surface area contributed by atoms with Crippen molar-refractivity contribution in [1.82, 2.24) is 15.2 Å². The number of nitrogens with one attached hydrogen (secondary N) is 1. The summed E-state index contributed by atoms with van der Waals surface area (Å²) >= 11 is 2.73. The summed E-state index contributed by atoms with van der Waals surface area (Å²) in [6.45, 7) is 1.78. The van der Waals surface area contributed by atoms with E-state index in [1.165, 1.54) is 35.4 Å². The van der Waals surface area contributed by atoms with E-state index in [2.05, 4.69) is 20.5 Å². The Labute approximate surface area is 140 Å². The van der Waals surface area contributed by atoms with Crippen LogP contribution in [-0.2, 0) is 0 Å². The van der Waals surface area contributed by atoms with Gasteiger partial charge in [-0.25, -0.2) is 4.98 Å². The summed E-state index contributed by atoms with van der Waals surface area (Å²) < 4.78 is 0.716. The van der Waals surface area contributed by atoms with Crippen LogP contribution in [0.4, 0.5) is 16.5 Å². The first-order valence-electron chi connectivity index (χ1n) is 6.56. The van der Waals surface area contributed by atoms with Gasteiger partial charge in [0.1, 0.15) is 11.2 Å². The van der Waals surface area contributed by atoms with Crippen molar-refractivity contribution in [3.8, 4) is 0 Å². The second kappa shape index (κ2) is 6.71. The van der Waals surface area contributed by atoms with Gasteiger partial charge in [0.15, 0.2) is 4.34 Å². The Bertz CT molecular complexity index is 838. The molecule has 0 unspecified atom stereocenters. The highest BCUT2D eigenvalue weighted by molar-refractivity contribution is 8.01. The van der Waals surface area contributed by atoms with Gasteiger partial charge in [-0.1, -0.05) is 29.5 Å². The summed E-state index contributed by atoms with van der Waals surface area (Å²) in [5, 5.41) is 23.4. The highest BCUT2D eigenvalue weighted by Crippen LogP contribution is 2.34. The molecule has 2 heterocycles. The summed E-state index contributed by atoms with van der Waals surface area (Å²) in [4.78, 5) is 14.4. The van der Waals surface area contributed by atoms with Crippen molar-refractivity contribution in [2.75, 3.05) is 5.32 Å². The number of hydrogen-bond donors (Lipinski definition) is 1. The van der Waals surface area contributed by atoms with E-state index in [9.17, 15) is 10.1 Å². The Morgan fingerprint density at radius 1 is 1.26 bits per heavy atom. The van der Waals surface area contributed by atoms with E-state index in [-0.39, 0.29) is 5.69 Å². The molecule has 0 saturated carbocycles. The fraction of sp³-hybridized carbons (Fsp3) is 0.0714. The number of pyridine rings is 1. The molecule has 7 nitrogen and oxygen atoms in total. The van der Waals surface area contributed by atoms with Crippen LogP contribution in [0, 0.1) is 17.0 Å². The van der Waals surface area contributed by atoms with Crippen molar-refractivity contribution in [3.63, 3.8) is 0 Å². The summed E-state index contributed by atoms with van der Waals surface area (Å²) in [5.74, 6) is 0. The molecule has 0 atom stereocenters. The molecule has 1 N–H and O–H groups in total. The summed E-state index contributed by atoms with van der Waals surface area (Å²) in [6.07, 6.45) is 1.25. The Morgan fingerprint density at radius 3 is 2.74 bits per heavy atom. The molecular formula is C14H11N5O2S2. The third-order valence-corrected chi connectivity index (χ3v) is 4.85. The predicted octanol–water partition coefficient (Wildman–Crippen LogP) is 4.04. The van der Waals surface area contributed by atoms with E-state index in [1.54, 1.807) is 6.92 Å². The van der Waals surface area contributed by atoms with Crippen LogP contribution in [0.5, 0.6) is 0 Å². The third-order valence-electron chi connectivity index (χ3n) is 2.84. The largest absolute Gasteiger partial charge is 0.330 e. The zero-order valence-electron chi connectivity index (χ0n) is 12.0. The maximum atomic E-state index is 10.7. The first kappa shape index (κ1) is 15.4. The maximum absolute atomic E-state index is 10.7. The Balaban J connectivity index is 1.73. The first-order chi connectivity index (χ1) is 11.1. The fourth-order valence-electron chi connectivity index (χ4n) is 1.78. The molecule has 0 saturated heterocycles. The van der Waals surface area contributed by atoms with Crippen molar-refractivity contribution >= 4 is 39.6 Å². The molecular weight excluding hydrogens is 334 g/mol. The van der Waals surface area contributed by atoms with Gasteiger partial charge in [0.05, 0.1) is 4.92 Å². The van der Waals surface area contributed by atoms with Crippen molar-refractivity contribution in [3.05, 3.63) is 58.3 Å². The smallest absolute Gasteiger partial charge is 0.287 e. The fourth-order valence-corrected chi connectivity index (χ4v) is 3.49. The average molecular weight is 345 g/mol. The molecule has 0 bridgehead atoms. The van der Waals surface area contributed by atoms with Gasteiger partial charge < -0.3 is 5.32 Å². The van der Waals surface area contributed by atoms with E-state index in [0.29, 0.717) is 14.5 Å². The lowest BCUT2D eigenvalue weighted by molar-refractivity contribution is -0.385. The lowest BCUT2D eigenvalue weighted by Gasteiger charge is -2.01. The van der Waals surface area contributed by atoms with Gasteiger partial charge in [-0.15, -0.1) is 10.2 Å². The third kappa shape index (κ3) is 3.82. The zero-order valence-corrected chi connectivity index (χ0v) is 13.6. The van der Waals surface area contributed by atoms with Crippen LogP contribution >= 0.6 is 23.1 Å². The van der Waals surface area contributed by atoms with Crippen LogP contribution in [0.15, 0.2) is 52.0 Å². The van der Waals surface area contributed by atoms with Crippen LogP contribution in [0.25, 0.3) is 0 Å². The van der Waals surface area contributed by atoms with E-state index in [1.807, 2.05) is 30.3 Å². The SMILES string of the molecule is Cc1cc([N+](=O)[O-])cnc1Sc1nnc(Nc2ccccc2)s1. The minimum Gasteiger partial charge on any atom is -0.330 e. The lowest BCUT2D eigenvalue weighted by Crippen LogP contribution is -1.92. The summed E-state index contributed by atoms with van der Waals surface area (Å²) in [6, 6.07) is 11.2. The Hall–Kier alpha value is -2.52. The zero-order chi connectivity index (χ0) is 16.2. The molecule has 0 spiro atoms. The molecule has 116 valence electrons. The minimum atomic E-state index is -0.457. The van der Waals surface area contributed by atoms with Crippen LogP contribution in [-0.4, -0.2) is 20.1 Å². The topological polar surface area (TPSA) is 93.8 Å². The van der Waals surface area contributed by atoms with Gasteiger partial charge in [0.25, 0.3) is 5.69 Å². The standard InChI is InChI=1S/C14H11N5O2S2/c1-9-7-11(19(20)21)8-15-12(9)22-14-18-17-13(23-14)16-10-5-3-2-4-6-10/h2-8H,1H3,(H,16,17). The van der Waals surface area contributed by atoms with E-state index in [0.717, 1.165) is 11.3 Å². The van der Waals surface area contributed by atoms with Crippen LogP contribution in [0.1, 0.15) is 5.56 Å². The molecule has 0 aliphatic rings. The van der Waals surface area contributed by atoms with E-state index in [4.69, 9.17) is 0 Å². The molecule has 2 aromatic heterocycles. The van der Waals surface area contributed by atoms with Gasteiger partial charge in [0.2, 0.25) is 5.13 Å². The van der Waals surface area contributed by atoms with Crippen molar-refractivity contribution in [2.45, 2.75) is 16.3 Å².